The maximum atomic E-state index is 12.4. The molecule has 0 bridgehead atoms. The number of aliphatic hydroxyl groups excluding tert-OH is 1. The van der Waals surface area contributed by atoms with Crippen LogP contribution in [-0.4, -0.2) is 57.1 Å². The van der Waals surface area contributed by atoms with Crippen LogP contribution in [0.2, 0.25) is 0 Å². The molecule has 3 N–H and O–H groups in total. The lowest BCUT2D eigenvalue weighted by atomic mass is 10.0. The summed E-state index contributed by atoms with van der Waals surface area (Å²) >= 11 is 0. The molecule has 0 amide bonds. The van der Waals surface area contributed by atoms with Gasteiger partial charge in [0.25, 0.3) is 5.56 Å². The third-order valence-corrected chi connectivity index (χ3v) is 6.47. The van der Waals surface area contributed by atoms with Crippen LogP contribution in [0.15, 0.2) is 35.3 Å². The summed E-state index contributed by atoms with van der Waals surface area (Å²) in [6, 6.07) is 7.07. The standard InChI is InChI=1S/C27H36N4O5/c1-16(2)36-27(34)24(18(4)32)28-12-19-7-8-23-22(11-19)30-25(21-10-17(3)26(33)29-13-21)31(23)14-20-6-5-9-35-15-20/h7-8,10-11,13,16,18,20,24,28,32H,5-6,9,12,14-15H2,1-4H3,(H,29,33)/t18?,20-,24?/m1/s1. The predicted octanol–water partition coefficient (Wildman–Crippen LogP) is 2.92. The average molecular weight is 497 g/mol. The molecule has 36 heavy (non-hydrogen) atoms. The number of ether oxygens (including phenoxy) is 2. The summed E-state index contributed by atoms with van der Waals surface area (Å²) in [5.41, 5.74) is 4.12. The Morgan fingerprint density at radius 2 is 2.14 bits per heavy atom. The van der Waals surface area contributed by atoms with E-state index in [1.165, 1.54) is 0 Å². The van der Waals surface area contributed by atoms with E-state index in [1.807, 2.05) is 24.3 Å². The summed E-state index contributed by atoms with van der Waals surface area (Å²) in [4.78, 5) is 32.1. The lowest BCUT2D eigenvalue weighted by molar-refractivity contribution is -0.152. The van der Waals surface area contributed by atoms with E-state index in [0.717, 1.165) is 60.6 Å². The Labute approximate surface area is 210 Å². The molecular formula is C27H36N4O5. The second kappa shape index (κ2) is 11.4. The van der Waals surface area contributed by atoms with Crippen LogP contribution in [0.25, 0.3) is 22.4 Å². The highest BCUT2D eigenvalue weighted by Crippen LogP contribution is 2.28. The Morgan fingerprint density at radius 1 is 1.33 bits per heavy atom. The van der Waals surface area contributed by atoms with Gasteiger partial charge < -0.3 is 24.1 Å². The number of imidazole rings is 1. The number of hydrogen-bond acceptors (Lipinski definition) is 7. The Hall–Kier alpha value is -3.01. The van der Waals surface area contributed by atoms with Gasteiger partial charge in [-0.15, -0.1) is 0 Å². The van der Waals surface area contributed by atoms with E-state index in [0.29, 0.717) is 18.0 Å². The zero-order valence-electron chi connectivity index (χ0n) is 21.4. The zero-order valence-corrected chi connectivity index (χ0v) is 21.4. The van der Waals surface area contributed by atoms with Crippen LogP contribution in [0, 0.1) is 12.8 Å². The van der Waals surface area contributed by atoms with Crippen LogP contribution < -0.4 is 10.9 Å². The van der Waals surface area contributed by atoms with Crippen molar-refractivity contribution in [2.24, 2.45) is 5.92 Å². The number of pyridine rings is 1. The van der Waals surface area contributed by atoms with E-state index in [9.17, 15) is 14.7 Å². The average Bonchev–Trinajstić information content (AvgIpc) is 3.18. The van der Waals surface area contributed by atoms with E-state index in [4.69, 9.17) is 14.5 Å². The lowest BCUT2D eigenvalue weighted by Gasteiger charge is -2.23. The molecule has 9 nitrogen and oxygen atoms in total. The fourth-order valence-electron chi connectivity index (χ4n) is 4.61. The number of benzene rings is 1. The van der Waals surface area contributed by atoms with Crippen molar-refractivity contribution in [3.63, 3.8) is 0 Å². The van der Waals surface area contributed by atoms with Crippen molar-refractivity contribution in [1.29, 1.82) is 0 Å². The number of carbonyl (C=O) groups excluding carboxylic acids is 1. The lowest BCUT2D eigenvalue weighted by Crippen LogP contribution is -2.46. The summed E-state index contributed by atoms with van der Waals surface area (Å²) in [7, 11) is 0. The van der Waals surface area contributed by atoms with E-state index < -0.39 is 18.1 Å². The van der Waals surface area contributed by atoms with Gasteiger partial charge in [-0.1, -0.05) is 6.07 Å². The fourth-order valence-corrected chi connectivity index (χ4v) is 4.61. The molecule has 4 rings (SSSR count). The van der Waals surface area contributed by atoms with Gasteiger partial charge in [0.1, 0.15) is 11.9 Å². The van der Waals surface area contributed by atoms with Crippen molar-refractivity contribution in [3.05, 3.63) is 51.9 Å². The predicted molar refractivity (Wildman–Crippen MR) is 138 cm³/mol. The summed E-state index contributed by atoms with van der Waals surface area (Å²) in [5.74, 6) is 0.706. The van der Waals surface area contributed by atoms with Gasteiger partial charge in [-0.25, -0.2) is 4.98 Å². The van der Waals surface area contributed by atoms with Crippen molar-refractivity contribution in [2.75, 3.05) is 13.2 Å². The van der Waals surface area contributed by atoms with Gasteiger partial charge >= 0.3 is 5.97 Å². The molecule has 3 aromatic rings. The highest BCUT2D eigenvalue weighted by molar-refractivity contribution is 5.81. The number of aryl methyl sites for hydroxylation is 1. The monoisotopic (exact) mass is 496 g/mol. The van der Waals surface area contributed by atoms with Gasteiger partial charge in [0.05, 0.1) is 29.8 Å². The first kappa shape index (κ1) is 26.1. The van der Waals surface area contributed by atoms with Crippen LogP contribution in [0.4, 0.5) is 0 Å². The summed E-state index contributed by atoms with van der Waals surface area (Å²) in [6.45, 7) is 9.58. The highest BCUT2D eigenvalue weighted by Gasteiger charge is 2.26. The molecule has 2 aromatic heterocycles. The number of rotatable bonds is 9. The summed E-state index contributed by atoms with van der Waals surface area (Å²) < 4.78 is 13.2. The smallest absolute Gasteiger partial charge is 0.326 e. The first-order valence-corrected chi connectivity index (χ1v) is 12.6. The van der Waals surface area contributed by atoms with Crippen molar-refractivity contribution >= 4 is 17.0 Å². The number of esters is 1. The summed E-state index contributed by atoms with van der Waals surface area (Å²) in [6.07, 6.45) is 2.70. The molecule has 0 saturated carbocycles. The normalized spacial score (nSPS) is 17.9. The maximum Gasteiger partial charge on any atom is 0.326 e. The molecule has 1 aromatic carbocycles. The molecule has 1 saturated heterocycles. The third kappa shape index (κ3) is 6.03. The minimum absolute atomic E-state index is 0.112. The Morgan fingerprint density at radius 3 is 2.81 bits per heavy atom. The number of hydrogen-bond donors (Lipinski definition) is 3. The first-order chi connectivity index (χ1) is 17.2. The minimum atomic E-state index is -0.896. The number of fused-ring (bicyclic) bond motifs is 1. The largest absolute Gasteiger partial charge is 0.462 e. The fraction of sp³-hybridized carbons (Fsp3) is 0.519. The number of aromatic nitrogens is 3. The molecule has 2 unspecified atom stereocenters. The molecule has 1 aliphatic rings. The molecular weight excluding hydrogens is 460 g/mol. The van der Waals surface area contributed by atoms with Crippen LogP contribution in [0.3, 0.4) is 0 Å². The molecule has 0 aliphatic carbocycles. The van der Waals surface area contributed by atoms with Gasteiger partial charge in [-0.2, -0.15) is 0 Å². The van der Waals surface area contributed by atoms with E-state index in [2.05, 4.69) is 14.9 Å². The first-order valence-electron chi connectivity index (χ1n) is 12.6. The Kier molecular flexibility index (Phi) is 8.23. The van der Waals surface area contributed by atoms with Crippen LogP contribution in [0.5, 0.6) is 0 Å². The molecule has 1 fully saturated rings. The zero-order chi connectivity index (χ0) is 25.8. The van der Waals surface area contributed by atoms with Gasteiger partial charge in [0.2, 0.25) is 0 Å². The minimum Gasteiger partial charge on any atom is -0.462 e. The summed E-state index contributed by atoms with van der Waals surface area (Å²) in [5, 5.41) is 13.2. The second-order valence-electron chi connectivity index (χ2n) is 9.94. The topological polar surface area (TPSA) is 118 Å². The van der Waals surface area contributed by atoms with E-state index >= 15 is 0 Å². The van der Waals surface area contributed by atoms with Crippen molar-refractivity contribution in [3.8, 4) is 11.4 Å². The van der Waals surface area contributed by atoms with Gasteiger partial charge in [-0.3, -0.25) is 14.9 Å². The number of nitrogens with one attached hydrogen (secondary N) is 2. The number of aliphatic hydroxyl groups is 1. The van der Waals surface area contributed by atoms with E-state index in [-0.39, 0.29) is 11.7 Å². The molecule has 3 heterocycles. The van der Waals surface area contributed by atoms with Crippen molar-refractivity contribution < 1.29 is 19.4 Å². The molecule has 0 radical (unpaired) electrons. The number of nitrogens with zero attached hydrogens (tertiary/aromatic N) is 2. The maximum absolute atomic E-state index is 12.4. The Bertz CT molecular complexity index is 1260. The SMILES string of the molecule is Cc1cc(-c2nc3cc(CNC(C(=O)OC(C)C)C(C)O)ccc3n2C[C@H]2CCCOC2)c[nH]c1=O. The molecule has 194 valence electrons. The van der Waals surface area contributed by atoms with Crippen molar-refractivity contribution in [2.45, 2.75) is 71.9 Å². The number of aromatic amines is 1. The van der Waals surface area contributed by atoms with Crippen molar-refractivity contribution in [1.82, 2.24) is 19.9 Å². The third-order valence-electron chi connectivity index (χ3n) is 6.47. The highest BCUT2D eigenvalue weighted by atomic mass is 16.5. The van der Waals surface area contributed by atoms with Crippen LogP contribution in [0.1, 0.15) is 44.7 Å². The number of H-pyrrole nitrogens is 1. The molecule has 3 atom stereocenters. The van der Waals surface area contributed by atoms with Crippen LogP contribution >= 0.6 is 0 Å². The van der Waals surface area contributed by atoms with Gasteiger partial charge in [-0.05, 0) is 64.3 Å². The van der Waals surface area contributed by atoms with Gasteiger partial charge in [0, 0.05) is 42.9 Å². The second-order valence-corrected chi connectivity index (χ2v) is 9.94. The Balaban J connectivity index is 1.64. The van der Waals surface area contributed by atoms with Crippen LogP contribution in [-0.2, 0) is 27.4 Å². The molecule has 9 heteroatoms. The number of carbonyl (C=O) groups is 1. The van der Waals surface area contributed by atoms with Gasteiger partial charge in [0.15, 0.2) is 0 Å². The molecule has 0 spiro atoms. The van der Waals surface area contributed by atoms with E-state index in [1.54, 1.807) is 33.9 Å². The molecule has 1 aliphatic heterocycles. The quantitative estimate of drug-likeness (QED) is 0.390.